The Hall–Kier alpha value is -1.79. The Kier molecular flexibility index (Phi) is 5.83. The van der Waals surface area contributed by atoms with Gasteiger partial charge in [0.05, 0.1) is 5.69 Å². The van der Waals surface area contributed by atoms with Crippen LogP contribution < -0.4 is 5.32 Å². The third kappa shape index (κ3) is 4.91. The van der Waals surface area contributed by atoms with Crippen LogP contribution in [-0.2, 0) is 4.79 Å². The molecular formula is C18H23NO2. The van der Waals surface area contributed by atoms with Gasteiger partial charge in [-0.3, -0.25) is 4.79 Å². The Morgan fingerprint density at radius 3 is 2.86 bits per heavy atom. The molecule has 3 nitrogen and oxygen atoms in total. The number of carbonyl (C=O) groups is 1. The molecular weight excluding hydrogens is 262 g/mol. The zero-order valence-electron chi connectivity index (χ0n) is 12.6. The molecule has 0 spiro atoms. The summed E-state index contributed by atoms with van der Waals surface area (Å²) in [5.41, 5.74) is 2.58. The molecule has 1 saturated carbocycles. The van der Waals surface area contributed by atoms with Crippen LogP contribution in [0.15, 0.2) is 18.2 Å². The monoisotopic (exact) mass is 285 g/mol. The molecule has 1 fully saturated rings. The molecule has 0 heterocycles. The standard InChI is InChI=1S/C18H23NO2/c1-14-8-10-16(7-4-12-20)17(13-14)19-18(21)11-9-15-5-2-3-6-15/h8,10,13,15,20H,2-3,5-6,9,11-12H2,1H3,(H,19,21). The van der Waals surface area contributed by atoms with E-state index in [1.165, 1.54) is 25.7 Å². The highest BCUT2D eigenvalue weighted by Gasteiger charge is 2.16. The van der Waals surface area contributed by atoms with Gasteiger partial charge in [0.1, 0.15) is 6.61 Å². The van der Waals surface area contributed by atoms with Crippen LogP contribution >= 0.6 is 0 Å². The number of rotatable bonds is 4. The Morgan fingerprint density at radius 2 is 2.14 bits per heavy atom. The van der Waals surface area contributed by atoms with Crippen LogP contribution in [0.5, 0.6) is 0 Å². The van der Waals surface area contributed by atoms with Crippen molar-refractivity contribution in [2.75, 3.05) is 11.9 Å². The lowest BCUT2D eigenvalue weighted by molar-refractivity contribution is -0.116. The van der Waals surface area contributed by atoms with Crippen LogP contribution in [0, 0.1) is 24.7 Å². The van der Waals surface area contributed by atoms with Gasteiger partial charge in [-0.1, -0.05) is 43.6 Å². The molecule has 0 aromatic heterocycles. The minimum Gasteiger partial charge on any atom is -0.384 e. The maximum absolute atomic E-state index is 12.1. The van der Waals surface area contributed by atoms with Gasteiger partial charge in [0, 0.05) is 12.0 Å². The number of nitrogens with one attached hydrogen (secondary N) is 1. The van der Waals surface area contributed by atoms with Crippen LogP contribution in [-0.4, -0.2) is 17.6 Å². The zero-order chi connectivity index (χ0) is 15.1. The van der Waals surface area contributed by atoms with Gasteiger partial charge in [0.25, 0.3) is 0 Å². The van der Waals surface area contributed by atoms with Gasteiger partial charge in [-0.15, -0.1) is 0 Å². The Balaban J connectivity index is 1.96. The van der Waals surface area contributed by atoms with E-state index in [0.29, 0.717) is 6.42 Å². The highest BCUT2D eigenvalue weighted by Crippen LogP contribution is 2.28. The molecule has 1 aliphatic carbocycles. The van der Waals surface area contributed by atoms with Crippen molar-refractivity contribution < 1.29 is 9.90 Å². The second kappa shape index (κ2) is 7.85. The van der Waals surface area contributed by atoms with Gasteiger partial charge in [-0.2, -0.15) is 0 Å². The Labute approximate surface area is 126 Å². The summed E-state index contributed by atoms with van der Waals surface area (Å²) in [5.74, 6) is 6.29. The molecule has 21 heavy (non-hydrogen) atoms. The molecule has 3 heteroatoms. The number of amides is 1. The number of anilines is 1. The summed E-state index contributed by atoms with van der Waals surface area (Å²) in [6, 6.07) is 5.76. The molecule has 0 aliphatic heterocycles. The predicted molar refractivity (Wildman–Crippen MR) is 85.0 cm³/mol. The molecule has 112 valence electrons. The lowest BCUT2D eigenvalue weighted by Gasteiger charge is -2.11. The molecule has 0 atom stereocenters. The van der Waals surface area contributed by atoms with Crippen molar-refractivity contribution in [2.45, 2.75) is 45.4 Å². The molecule has 1 aliphatic rings. The van der Waals surface area contributed by atoms with Crippen LogP contribution in [0.4, 0.5) is 5.69 Å². The highest BCUT2D eigenvalue weighted by atomic mass is 16.2. The van der Waals surface area contributed by atoms with Crippen LogP contribution in [0.3, 0.4) is 0 Å². The number of carbonyl (C=O) groups excluding carboxylic acids is 1. The van der Waals surface area contributed by atoms with Gasteiger partial charge in [0.15, 0.2) is 0 Å². The molecule has 0 saturated heterocycles. The van der Waals surface area contributed by atoms with E-state index in [0.717, 1.165) is 29.2 Å². The van der Waals surface area contributed by atoms with Crippen molar-refractivity contribution >= 4 is 11.6 Å². The lowest BCUT2D eigenvalue weighted by atomic mass is 10.0. The molecule has 2 N–H and O–H groups in total. The highest BCUT2D eigenvalue weighted by molar-refractivity contribution is 5.92. The van der Waals surface area contributed by atoms with Crippen LogP contribution in [0.1, 0.15) is 49.7 Å². The molecule has 1 amide bonds. The first-order valence-electron chi connectivity index (χ1n) is 7.69. The maximum Gasteiger partial charge on any atom is 0.224 e. The first kappa shape index (κ1) is 15.6. The average Bonchev–Trinajstić information content (AvgIpc) is 2.98. The minimum atomic E-state index is -0.178. The van der Waals surface area contributed by atoms with Gasteiger partial charge in [-0.25, -0.2) is 0 Å². The van der Waals surface area contributed by atoms with E-state index in [-0.39, 0.29) is 12.5 Å². The molecule has 1 aromatic rings. The first-order valence-corrected chi connectivity index (χ1v) is 7.69. The molecule has 0 bridgehead atoms. The van der Waals surface area contributed by atoms with E-state index < -0.39 is 0 Å². The number of hydrogen-bond donors (Lipinski definition) is 2. The smallest absolute Gasteiger partial charge is 0.224 e. The summed E-state index contributed by atoms with van der Waals surface area (Å²) in [7, 11) is 0. The minimum absolute atomic E-state index is 0.0551. The summed E-state index contributed by atoms with van der Waals surface area (Å²) >= 11 is 0. The SMILES string of the molecule is Cc1ccc(C#CCO)c(NC(=O)CCC2CCCC2)c1. The molecule has 0 radical (unpaired) electrons. The summed E-state index contributed by atoms with van der Waals surface area (Å²) in [4.78, 5) is 12.1. The van der Waals surface area contributed by atoms with E-state index in [9.17, 15) is 4.79 Å². The molecule has 0 unspecified atom stereocenters. The second-order valence-electron chi connectivity index (χ2n) is 5.75. The lowest BCUT2D eigenvalue weighted by Crippen LogP contribution is -2.13. The van der Waals surface area contributed by atoms with Crippen molar-refractivity contribution in [2.24, 2.45) is 5.92 Å². The van der Waals surface area contributed by atoms with Crippen LogP contribution in [0.25, 0.3) is 0 Å². The average molecular weight is 285 g/mol. The van der Waals surface area contributed by atoms with E-state index in [4.69, 9.17) is 5.11 Å². The molecule has 1 aromatic carbocycles. The number of benzene rings is 1. The molecule has 2 rings (SSSR count). The quantitative estimate of drug-likeness (QED) is 0.834. The largest absolute Gasteiger partial charge is 0.384 e. The van der Waals surface area contributed by atoms with E-state index in [1.807, 2.05) is 25.1 Å². The Morgan fingerprint density at radius 1 is 1.38 bits per heavy atom. The summed E-state index contributed by atoms with van der Waals surface area (Å²) in [5, 5.41) is 11.8. The number of hydrogen-bond acceptors (Lipinski definition) is 2. The van der Waals surface area contributed by atoms with E-state index >= 15 is 0 Å². The fraction of sp³-hybridized carbons (Fsp3) is 0.500. The van der Waals surface area contributed by atoms with Crippen LogP contribution in [0.2, 0.25) is 0 Å². The number of aliphatic hydroxyl groups excluding tert-OH is 1. The zero-order valence-corrected chi connectivity index (χ0v) is 12.6. The van der Waals surface area contributed by atoms with Crippen molar-refractivity contribution in [3.05, 3.63) is 29.3 Å². The third-order valence-electron chi connectivity index (χ3n) is 4.01. The summed E-state index contributed by atoms with van der Waals surface area (Å²) in [6.45, 7) is 1.81. The van der Waals surface area contributed by atoms with Gasteiger partial charge in [-0.05, 0) is 37.0 Å². The predicted octanol–water partition coefficient (Wildman–Crippen LogP) is 3.25. The van der Waals surface area contributed by atoms with Crippen molar-refractivity contribution in [1.29, 1.82) is 0 Å². The van der Waals surface area contributed by atoms with Gasteiger partial charge in [0.2, 0.25) is 5.91 Å². The topological polar surface area (TPSA) is 49.3 Å². The summed E-state index contributed by atoms with van der Waals surface area (Å²) < 4.78 is 0. The fourth-order valence-corrected chi connectivity index (χ4v) is 2.85. The normalized spacial score (nSPS) is 14.6. The number of aliphatic hydroxyl groups is 1. The fourth-order valence-electron chi connectivity index (χ4n) is 2.85. The van der Waals surface area contributed by atoms with E-state index in [2.05, 4.69) is 17.2 Å². The van der Waals surface area contributed by atoms with Gasteiger partial charge >= 0.3 is 0 Å². The second-order valence-corrected chi connectivity index (χ2v) is 5.75. The summed E-state index contributed by atoms with van der Waals surface area (Å²) in [6.07, 6.45) is 6.72. The van der Waals surface area contributed by atoms with Gasteiger partial charge < -0.3 is 10.4 Å². The third-order valence-corrected chi connectivity index (χ3v) is 4.01. The van der Waals surface area contributed by atoms with E-state index in [1.54, 1.807) is 0 Å². The first-order chi connectivity index (χ1) is 10.2. The number of aryl methyl sites for hydroxylation is 1. The van der Waals surface area contributed by atoms with Crippen molar-refractivity contribution in [3.8, 4) is 11.8 Å². The van der Waals surface area contributed by atoms with Crippen molar-refractivity contribution in [1.82, 2.24) is 0 Å². The van der Waals surface area contributed by atoms with Crippen molar-refractivity contribution in [3.63, 3.8) is 0 Å². The Bertz CT molecular complexity index is 548. The maximum atomic E-state index is 12.1.